The van der Waals surface area contributed by atoms with Gasteiger partial charge in [0.15, 0.2) is 6.29 Å². The van der Waals surface area contributed by atoms with Crippen molar-refractivity contribution in [3.8, 4) is 5.88 Å². The van der Waals surface area contributed by atoms with Crippen molar-refractivity contribution in [2.45, 2.75) is 0 Å². The monoisotopic (exact) mass is 259 g/mol. The van der Waals surface area contributed by atoms with E-state index in [1.54, 1.807) is 13.2 Å². The van der Waals surface area contributed by atoms with E-state index in [0.29, 0.717) is 29.1 Å². The quantitative estimate of drug-likeness (QED) is 0.597. The molecule has 0 aliphatic rings. The molecule has 14 heavy (non-hydrogen) atoms. The topological polar surface area (TPSA) is 48.4 Å². The smallest absolute Gasteiger partial charge is 0.228 e. The summed E-state index contributed by atoms with van der Waals surface area (Å²) in [5.41, 5.74) is 0.510. The number of hydrogen-bond acceptors (Lipinski definition) is 4. The number of carbonyl (C=O) groups excluding carboxylic acids is 1. The molecule has 0 aliphatic carbocycles. The van der Waals surface area contributed by atoms with Gasteiger partial charge in [0.25, 0.3) is 0 Å². The van der Waals surface area contributed by atoms with E-state index in [2.05, 4.69) is 20.9 Å². The fraction of sp³-hybridized carbons (Fsp3) is 0.333. The van der Waals surface area contributed by atoms with Gasteiger partial charge in [0.2, 0.25) is 5.88 Å². The van der Waals surface area contributed by atoms with Crippen LogP contribution < -0.4 is 4.74 Å². The van der Waals surface area contributed by atoms with Crippen molar-refractivity contribution in [1.29, 1.82) is 0 Å². The van der Waals surface area contributed by atoms with Gasteiger partial charge in [-0.3, -0.25) is 4.79 Å². The lowest BCUT2D eigenvalue weighted by molar-refractivity contribution is 0.112. The van der Waals surface area contributed by atoms with E-state index in [4.69, 9.17) is 9.47 Å². The summed E-state index contributed by atoms with van der Waals surface area (Å²) in [4.78, 5) is 14.4. The Morgan fingerprint density at radius 1 is 1.57 bits per heavy atom. The van der Waals surface area contributed by atoms with Crippen LogP contribution in [-0.2, 0) is 4.74 Å². The SMILES string of the molecule is COCCOc1ncc(C=O)cc1Br. The van der Waals surface area contributed by atoms with Crippen molar-refractivity contribution in [2.75, 3.05) is 20.3 Å². The molecule has 1 heterocycles. The van der Waals surface area contributed by atoms with Crippen LogP contribution in [0.25, 0.3) is 0 Å². The Hall–Kier alpha value is -0.940. The predicted molar refractivity (Wildman–Crippen MR) is 54.7 cm³/mol. The van der Waals surface area contributed by atoms with Gasteiger partial charge in [-0.05, 0) is 22.0 Å². The highest BCUT2D eigenvalue weighted by Crippen LogP contribution is 2.22. The Labute approximate surface area is 90.4 Å². The number of nitrogens with zero attached hydrogens (tertiary/aromatic N) is 1. The molecule has 5 heteroatoms. The van der Waals surface area contributed by atoms with Gasteiger partial charge < -0.3 is 9.47 Å². The summed E-state index contributed by atoms with van der Waals surface area (Å²) >= 11 is 3.25. The van der Waals surface area contributed by atoms with Crippen molar-refractivity contribution in [2.24, 2.45) is 0 Å². The average molecular weight is 260 g/mol. The van der Waals surface area contributed by atoms with Crippen LogP contribution in [-0.4, -0.2) is 31.6 Å². The van der Waals surface area contributed by atoms with Crippen LogP contribution in [0.4, 0.5) is 0 Å². The van der Waals surface area contributed by atoms with E-state index in [9.17, 15) is 4.79 Å². The summed E-state index contributed by atoms with van der Waals surface area (Å²) in [5.74, 6) is 0.465. The van der Waals surface area contributed by atoms with Crippen LogP contribution in [0, 0.1) is 0 Å². The molecule has 0 bridgehead atoms. The van der Waals surface area contributed by atoms with Gasteiger partial charge in [0.05, 0.1) is 11.1 Å². The third kappa shape index (κ3) is 3.08. The molecular weight excluding hydrogens is 250 g/mol. The minimum atomic E-state index is 0.433. The molecule has 0 radical (unpaired) electrons. The number of halogens is 1. The summed E-state index contributed by atoms with van der Waals surface area (Å²) in [6.45, 7) is 0.937. The molecule has 76 valence electrons. The minimum absolute atomic E-state index is 0.433. The number of aldehydes is 1. The number of ether oxygens (including phenoxy) is 2. The standard InChI is InChI=1S/C9H10BrNO3/c1-13-2-3-14-9-8(10)4-7(6-12)5-11-9/h4-6H,2-3H2,1H3. The highest BCUT2D eigenvalue weighted by Gasteiger charge is 2.03. The highest BCUT2D eigenvalue weighted by molar-refractivity contribution is 9.10. The number of pyridine rings is 1. The maximum atomic E-state index is 10.4. The number of methoxy groups -OCH3 is 1. The van der Waals surface area contributed by atoms with Gasteiger partial charge in [-0.1, -0.05) is 0 Å². The molecule has 1 rings (SSSR count). The molecule has 0 aliphatic heterocycles. The minimum Gasteiger partial charge on any atom is -0.474 e. The Balaban J connectivity index is 2.64. The first kappa shape index (κ1) is 11.1. The molecular formula is C9H10BrNO3. The lowest BCUT2D eigenvalue weighted by Crippen LogP contribution is -2.06. The molecule has 0 saturated heterocycles. The normalized spacial score (nSPS) is 9.86. The van der Waals surface area contributed by atoms with Gasteiger partial charge in [-0.2, -0.15) is 0 Å². The first-order chi connectivity index (χ1) is 6.77. The second-order valence-electron chi connectivity index (χ2n) is 2.51. The molecule has 0 unspecified atom stereocenters. The first-order valence-corrected chi connectivity index (χ1v) is 4.79. The molecule has 0 amide bonds. The fourth-order valence-electron chi connectivity index (χ4n) is 0.832. The molecule has 1 aromatic rings. The van der Waals surface area contributed by atoms with E-state index < -0.39 is 0 Å². The maximum absolute atomic E-state index is 10.4. The Morgan fingerprint density at radius 2 is 2.36 bits per heavy atom. The van der Waals surface area contributed by atoms with Crippen LogP contribution in [0.3, 0.4) is 0 Å². The summed E-state index contributed by atoms with van der Waals surface area (Å²) in [6.07, 6.45) is 2.19. The van der Waals surface area contributed by atoms with Crippen molar-refractivity contribution in [1.82, 2.24) is 4.98 Å². The fourth-order valence-corrected chi connectivity index (χ4v) is 1.31. The van der Waals surface area contributed by atoms with Crippen LogP contribution in [0.2, 0.25) is 0 Å². The largest absolute Gasteiger partial charge is 0.474 e. The lowest BCUT2D eigenvalue weighted by Gasteiger charge is -2.05. The van der Waals surface area contributed by atoms with Gasteiger partial charge in [0, 0.05) is 18.9 Å². The molecule has 4 nitrogen and oxygen atoms in total. The van der Waals surface area contributed by atoms with Crippen LogP contribution in [0.5, 0.6) is 5.88 Å². The molecule has 0 spiro atoms. The van der Waals surface area contributed by atoms with Crippen molar-refractivity contribution in [3.63, 3.8) is 0 Å². The second-order valence-corrected chi connectivity index (χ2v) is 3.37. The Bertz CT molecular complexity index is 317. The van der Waals surface area contributed by atoms with E-state index in [0.717, 1.165) is 6.29 Å². The Kier molecular flexibility index (Phi) is 4.55. The molecule has 0 saturated carbocycles. The molecule has 1 aromatic heterocycles. The number of carbonyl (C=O) groups is 1. The van der Waals surface area contributed by atoms with Gasteiger partial charge >= 0.3 is 0 Å². The zero-order chi connectivity index (χ0) is 10.4. The van der Waals surface area contributed by atoms with Crippen molar-refractivity contribution >= 4 is 22.2 Å². The van der Waals surface area contributed by atoms with Crippen molar-refractivity contribution < 1.29 is 14.3 Å². The summed E-state index contributed by atoms with van der Waals surface area (Å²) in [5, 5.41) is 0. The van der Waals surface area contributed by atoms with E-state index >= 15 is 0 Å². The zero-order valence-electron chi connectivity index (χ0n) is 7.70. The average Bonchev–Trinajstić information content (AvgIpc) is 2.20. The number of hydrogen-bond donors (Lipinski definition) is 0. The predicted octanol–water partition coefficient (Wildman–Crippen LogP) is 1.68. The Morgan fingerprint density at radius 3 is 2.93 bits per heavy atom. The number of aromatic nitrogens is 1. The van der Waals surface area contributed by atoms with E-state index in [1.807, 2.05) is 0 Å². The van der Waals surface area contributed by atoms with Crippen molar-refractivity contribution in [3.05, 3.63) is 22.3 Å². The van der Waals surface area contributed by atoms with Crippen LogP contribution in [0.15, 0.2) is 16.7 Å². The maximum Gasteiger partial charge on any atom is 0.228 e. The lowest BCUT2D eigenvalue weighted by atomic mass is 10.3. The molecule has 0 N–H and O–H groups in total. The third-order valence-corrected chi connectivity index (χ3v) is 2.06. The summed E-state index contributed by atoms with van der Waals surface area (Å²) < 4.78 is 10.8. The van der Waals surface area contributed by atoms with Gasteiger partial charge in [-0.25, -0.2) is 4.98 Å². The second kappa shape index (κ2) is 5.72. The van der Waals surface area contributed by atoms with E-state index in [-0.39, 0.29) is 0 Å². The number of rotatable bonds is 5. The molecule has 0 atom stereocenters. The first-order valence-electron chi connectivity index (χ1n) is 4.00. The van der Waals surface area contributed by atoms with Crippen LogP contribution in [0.1, 0.15) is 10.4 Å². The van der Waals surface area contributed by atoms with Crippen LogP contribution >= 0.6 is 15.9 Å². The van der Waals surface area contributed by atoms with Gasteiger partial charge in [-0.15, -0.1) is 0 Å². The summed E-state index contributed by atoms with van der Waals surface area (Å²) in [7, 11) is 1.60. The highest BCUT2D eigenvalue weighted by atomic mass is 79.9. The molecule has 0 aromatic carbocycles. The third-order valence-electron chi connectivity index (χ3n) is 1.49. The summed E-state index contributed by atoms with van der Waals surface area (Å²) in [6, 6.07) is 1.65. The van der Waals surface area contributed by atoms with E-state index in [1.165, 1.54) is 6.20 Å². The zero-order valence-corrected chi connectivity index (χ0v) is 9.28. The van der Waals surface area contributed by atoms with Gasteiger partial charge in [0.1, 0.15) is 6.61 Å². The molecule has 0 fully saturated rings.